The molecule has 0 N–H and O–H groups in total. The fraction of sp³-hybridized carbons (Fsp3) is 0.474. The highest BCUT2D eigenvalue weighted by Gasteiger charge is 2.44. The quantitative estimate of drug-likeness (QED) is 0.810. The molecule has 1 aromatic heterocycles. The molecule has 2 aliphatic rings. The normalized spacial score (nSPS) is 22.9. The predicted octanol–water partition coefficient (Wildman–Crippen LogP) is 2.70. The van der Waals surface area contributed by atoms with Gasteiger partial charge >= 0.3 is 0 Å². The van der Waals surface area contributed by atoms with Crippen LogP contribution in [0.5, 0.6) is 0 Å². The van der Waals surface area contributed by atoms with Crippen LogP contribution in [0.25, 0.3) is 0 Å². The number of carbonyl (C=O) groups excluding carboxylic acids is 1. The molecule has 1 spiro atoms. The zero-order valence-corrected chi connectivity index (χ0v) is 14.5. The maximum atomic E-state index is 13.1. The number of benzene rings is 1. The fourth-order valence-corrected chi connectivity index (χ4v) is 4.16. The molecule has 1 atom stereocenters. The van der Waals surface area contributed by atoms with E-state index in [1.54, 1.807) is 4.68 Å². The van der Waals surface area contributed by atoms with Crippen molar-refractivity contribution >= 4 is 5.91 Å². The van der Waals surface area contributed by atoms with Crippen LogP contribution in [0.3, 0.4) is 0 Å². The Bertz CT molecular complexity index is 807. The van der Waals surface area contributed by atoms with Gasteiger partial charge in [-0.05, 0) is 37.8 Å². The molecule has 0 aliphatic carbocycles. The molecule has 0 bridgehead atoms. The van der Waals surface area contributed by atoms with Crippen LogP contribution in [0, 0.1) is 13.8 Å². The number of hydrogen-bond donors (Lipinski definition) is 0. The van der Waals surface area contributed by atoms with E-state index in [1.165, 1.54) is 11.1 Å². The third kappa shape index (κ3) is 2.18. The number of aromatic nitrogens is 2. The summed E-state index contributed by atoms with van der Waals surface area (Å²) < 4.78 is 8.00. The molecule has 126 valence electrons. The molecule has 0 radical (unpaired) electrons. The Balaban J connectivity index is 1.66. The van der Waals surface area contributed by atoms with E-state index in [2.05, 4.69) is 29.4 Å². The summed E-state index contributed by atoms with van der Waals surface area (Å²) in [6.07, 6.45) is 1.93. The van der Waals surface area contributed by atoms with E-state index in [1.807, 2.05) is 25.8 Å². The number of hydrogen-bond acceptors (Lipinski definition) is 3. The van der Waals surface area contributed by atoms with Gasteiger partial charge in [-0.25, -0.2) is 0 Å². The van der Waals surface area contributed by atoms with Crippen LogP contribution in [-0.2, 0) is 24.0 Å². The largest absolute Gasteiger partial charge is 0.364 e. The van der Waals surface area contributed by atoms with Crippen molar-refractivity contribution in [1.82, 2.24) is 14.7 Å². The second-order valence-electron chi connectivity index (χ2n) is 6.94. The molecule has 1 saturated heterocycles. The van der Waals surface area contributed by atoms with Gasteiger partial charge in [0.05, 0.1) is 24.4 Å². The van der Waals surface area contributed by atoms with E-state index >= 15 is 0 Å². The molecule has 4 rings (SSSR count). The van der Waals surface area contributed by atoms with Crippen LogP contribution in [0.1, 0.15) is 45.7 Å². The van der Waals surface area contributed by atoms with Crippen molar-refractivity contribution in [2.45, 2.75) is 38.9 Å². The van der Waals surface area contributed by atoms with Crippen LogP contribution in [0.4, 0.5) is 0 Å². The smallest absolute Gasteiger partial charge is 0.257 e. The molecule has 5 heteroatoms. The molecule has 24 heavy (non-hydrogen) atoms. The van der Waals surface area contributed by atoms with E-state index in [4.69, 9.17) is 4.74 Å². The number of amides is 1. The SMILES string of the molecule is Cc1nn(C)c(C)c1C(=O)N1CCCC2(C1)OCc1ccccc12. The van der Waals surface area contributed by atoms with Crippen LogP contribution in [0.2, 0.25) is 0 Å². The standard InChI is InChI=1S/C19H23N3O2/c1-13-17(14(2)21(3)20-13)18(23)22-10-6-9-19(12-22)16-8-5-4-7-15(16)11-24-19/h4-5,7-8H,6,9-12H2,1-3H3. The van der Waals surface area contributed by atoms with E-state index < -0.39 is 0 Å². The molecule has 2 aromatic rings. The number of rotatable bonds is 1. The highest BCUT2D eigenvalue weighted by Crippen LogP contribution is 2.43. The predicted molar refractivity (Wildman–Crippen MR) is 90.7 cm³/mol. The van der Waals surface area contributed by atoms with E-state index in [-0.39, 0.29) is 11.5 Å². The van der Waals surface area contributed by atoms with Gasteiger partial charge in [0.1, 0.15) is 5.60 Å². The van der Waals surface area contributed by atoms with Gasteiger partial charge in [0.15, 0.2) is 0 Å². The lowest BCUT2D eigenvalue weighted by Gasteiger charge is -2.40. The topological polar surface area (TPSA) is 47.4 Å². The van der Waals surface area contributed by atoms with E-state index in [9.17, 15) is 4.79 Å². The molecule has 1 fully saturated rings. The summed E-state index contributed by atoms with van der Waals surface area (Å²) in [7, 11) is 1.88. The molecular formula is C19H23N3O2. The van der Waals surface area contributed by atoms with Gasteiger partial charge in [-0.3, -0.25) is 9.48 Å². The summed E-state index contributed by atoms with van der Waals surface area (Å²) in [6.45, 7) is 5.90. The highest BCUT2D eigenvalue weighted by molar-refractivity contribution is 5.96. The first-order valence-corrected chi connectivity index (χ1v) is 8.54. The molecule has 1 aromatic carbocycles. The Hall–Kier alpha value is -2.14. The summed E-state index contributed by atoms with van der Waals surface area (Å²) in [5, 5.41) is 4.39. The van der Waals surface area contributed by atoms with Gasteiger partial charge in [0, 0.05) is 19.3 Å². The fourth-order valence-electron chi connectivity index (χ4n) is 4.16. The Morgan fingerprint density at radius 2 is 2.08 bits per heavy atom. The average molecular weight is 325 g/mol. The van der Waals surface area contributed by atoms with Crippen LogP contribution in [-0.4, -0.2) is 33.7 Å². The highest BCUT2D eigenvalue weighted by atomic mass is 16.5. The summed E-state index contributed by atoms with van der Waals surface area (Å²) in [5.74, 6) is 0.0742. The number of piperidine rings is 1. The van der Waals surface area contributed by atoms with Crippen molar-refractivity contribution in [2.24, 2.45) is 7.05 Å². The molecule has 2 aliphatic heterocycles. The summed E-state index contributed by atoms with van der Waals surface area (Å²) in [5.41, 5.74) is 4.62. The zero-order chi connectivity index (χ0) is 16.9. The van der Waals surface area contributed by atoms with Gasteiger partial charge in [0.2, 0.25) is 0 Å². The molecule has 5 nitrogen and oxygen atoms in total. The monoisotopic (exact) mass is 325 g/mol. The molecular weight excluding hydrogens is 302 g/mol. The van der Waals surface area contributed by atoms with Gasteiger partial charge in [-0.15, -0.1) is 0 Å². The number of ether oxygens (including phenoxy) is 1. The van der Waals surface area contributed by atoms with Crippen molar-refractivity contribution in [1.29, 1.82) is 0 Å². The minimum atomic E-state index is -0.339. The Morgan fingerprint density at radius 3 is 2.83 bits per heavy atom. The number of carbonyl (C=O) groups is 1. The Labute approximate surface area is 142 Å². The van der Waals surface area contributed by atoms with Crippen LogP contribution in [0.15, 0.2) is 24.3 Å². The van der Waals surface area contributed by atoms with E-state index in [0.29, 0.717) is 13.2 Å². The number of likely N-dealkylation sites (tertiary alicyclic amines) is 1. The van der Waals surface area contributed by atoms with Gasteiger partial charge < -0.3 is 9.64 Å². The average Bonchev–Trinajstić information content (AvgIpc) is 3.05. The minimum absolute atomic E-state index is 0.0742. The van der Waals surface area contributed by atoms with Crippen molar-refractivity contribution in [3.63, 3.8) is 0 Å². The lowest BCUT2D eigenvalue weighted by Crippen LogP contribution is -2.48. The lowest BCUT2D eigenvalue weighted by molar-refractivity contribution is -0.0785. The molecule has 1 amide bonds. The first-order chi connectivity index (χ1) is 11.5. The number of nitrogens with zero attached hydrogens (tertiary/aromatic N) is 3. The van der Waals surface area contributed by atoms with E-state index in [0.717, 1.165) is 36.3 Å². The van der Waals surface area contributed by atoms with Crippen molar-refractivity contribution < 1.29 is 9.53 Å². The number of aryl methyl sites for hydroxylation is 2. The molecule has 3 heterocycles. The van der Waals surface area contributed by atoms with Crippen molar-refractivity contribution in [3.8, 4) is 0 Å². The maximum absolute atomic E-state index is 13.1. The van der Waals surface area contributed by atoms with Crippen LogP contribution < -0.4 is 0 Å². The summed E-state index contributed by atoms with van der Waals surface area (Å²) in [4.78, 5) is 15.1. The third-order valence-electron chi connectivity index (χ3n) is 5.48. The molecule has 1 unspecified atom stereocenters. The van der Waals surface area contributed by atoms with Crippen LogP contribution >= 0.6 is 0 Å². The zero-order valence-electron chi connectivity index (χ0n) is 14.5. The summed E-state index contributed by atoms with van der Waals surface area (Å²) >= 11 is 0. The first kappa shape index (κ1) is 15.4. The van der Waals surface area contributed by atoms with Crippen molar-refractivity contribution in [3.05, 3.63) is 52.3 Å². The molecule has 0 saturated carbocycles. The second-order valence-corrected chi connectivity index (χ2v) is 6.94. The Morgan fingerprint density at radius 1 is 1.29 bits per heavy atom. The van der Waals surface area contributed by atoms with Gasteiger partial charge in [0.25, 0.3) is 5.91 Å². The maximum Gasteiger partial charge on any atom is 0.257 e. The summed E-state index contributed by atoms with van der Waals surface area (Å²) in [6, 6.07) is 8.39. The first-order valence-electron chi connectivity index (χ1n) is 8.54. The van der Waals surface area contributed by atoms with Gasteiger partial charge in [-0.1, -0.05) is 24.3 Å². The Kier molecular flexibility index (Phi) is 3.49. The number of fused-ring (bicyclic) bond motifs is 2. The lowest BCUT2D eigenvalue weighted by atomic mass is 9.85. The minimum Gasteiger partial charge on any atom is -0.364 e. The third-order valence-corrected chi connectivity index (χ3v) is 5.48. The second kappa shape index (κ2) is 5.45. The van der Waals surface area contributed by atoms with Gasteiger partial charge in [-0.2, -0.15) is 5.10 Å². The van der Waals surface area contributed by atoms with Crippen molar-refractivity contribution in [2.75, 3.05) is 13.1 Å².